The molecule has 7 nitrogen and oxygen atoms in total. The molecule has 0 spiro atoms. The molecule has 2 aliphatic rings. The molecule has 7 heteroatoms. The fourth-order valence-corrected chi connectivity index (χ4v) is 4.56. The molecule has 2 saturated heterocycles. The van der Waals surface area contributed by atoms with Crippen molar-refractivity contribution in [1.82, 2.24) is 19.3 Å². The molecular weight excluding hydrogens is 330 g/mol. The number of ether oxygens (including phenoxy) is 1. The summed E-state index contributed by atoms with van der Waals surface area (Å²) < 4.78 is 7.99. The lowest BCUT2D eigenvalue weighted by Crippen LogP contribution is -2.42. The Morgan fingerprint density at radius 3 is 2.81 bits per heavy atom. The summed E-state index contributed by atoms with van der Waals surface area (Å²) in [6.45, 7) is 7.62. The summed E-state index contributed by atoms with van der Waals surface area (Å²) in [6.07, 6.45) is 4.81. The molecule has 0 aliphatic carbocycles. The van der Waals surface area contributed by atoms with Gasteiger partial charge in [-0.25, -0.2) is 9.97 Å². The Hall–Kier alpha value is -1.99. The molecule has 2 aromatic rings. The van der Waals surface area contributed by atoms with Crippen molar-refractivity contribution in [3.05, 3.63) is 29.3 Å². The first-order valence-corrected chi connectivity index (χ1v) is 9.47. The molecule has 2 aliphatic heterocycles. The number of hydrogen-bond donors (Lipinski definition) is 1. The standard InChI is InChI=1S/C19H27N5O2/c1-12-9-13(2)24-15(10-21-19(24)22-12)11-23-6-3-14(4-7-23)17-16(18(20)25)5-8-26-17/h9-10,14,16-17H,3-8,11H2,1-2H3,(H2,20,25)/t16-,17+/m0/s1. The number of imidazole rings is 1. The monoisotopic (exact) mass is 357 g/mol. The highest BCUT2D eigenvalue weighted by molar-refractivity contribution is 5.77. The molecule has 1 amide bonds. The van der Waals surface area contributed by atoms with Crippen LogP contribution in [-0.2, 0) is 16.1 Å². The summed E-state index contributed by atoms with van der Waals surface area (Å²) in [7, 11) is 0. The van der Waals surface area contributed by atoms with Crippen LogP contribution in [0, 0.1) is 25.7 Å². The number of likely N-dealkylation sites (tertiary alicyclic amines) is 1. The van der Waals surface area contributed by atoms with Crippen LogP contribution in [-0.4, -0.2) is 51.0 Å². The molecule has 140 valence electrons. The van der Waals surface area contributed by atoms with Crippen LogP contribution in [0.2, 0.25) is 0 Å². The van der Waals surface area contributed by atoms with Crippen LogP contribution in [0.3, 0.4) is 0 Å². The Bertz CT molecular complexity index is 810. The van der Waals surface area contributed by atoms with E-state index in [-0.39, 0.29) is 17.9 Å². The maximum absolute atomic E-state index is 11.6. The van der Waals surface area contributed by atoms with E-state index in [1.54, 1.807) is 0 Å². The van der Waals surface area contributed by atoms with Crippen molar-refractivity contribution in [1.29, 1.82) is 0 Å². The summed E-state index contributed by atoms with van der Waals surface area (Å²) in [6, 6.07) is 2.09. The number of rotatable bonds is 4. The molecule has 0 bridgehead atoms. The summed E-state index contributed by atoms with van der Waals surface area (Å²) in [5.41, 5.74) is 8.88. The van der Waals surface area contributed by atoms with Crippen LogP contribution in [0.15, 0.2) is 12.3 Å². The van der Waals surface area contributed by atoms with Gasteiger partial charge in [-0.15, -0.1) is 0 Å². The summed E-state index contributed by atoms with van der Waals surface area (Å²) in [5, 5.41) is 0. The number of piperidine rings is 1. The van der Waals surface area contributed by atoms with Crippen LogP contribution in [0.25, 0.3) is 5.78 Å². The minimum Gasteiger partial charge on any atom is -0.377 e. The van der Waals surface area contributed by atoms with Gasteiger partial charge in [-0.2, -0.15) is 0 Å². The molecular formula is C19H27N5O2. The predicted molar refractivity (Wildman–Crippen MR) is 97.5 cm³/mol. The third kappa shape index (κ3) is 3.21. The van der Waals surface area contributed by atoms with E-state index in [0.29, 0.717) is 12.5 Å². The van der Waals surface area contributed by atoms with Gasteiger partial charge in [0, 0.05) is 24.5 Å². The fourth-order valence-electron chi connectivity index (χ4n) is 4.56. The number of carbonyl (C=O) groups is 1. The number of nitrogens with zero attached hydrogens (tertiary/aromatic N) is 4. The van der Waals surface area contributed by atoms with Gasteiger partial charge in [-0.05, 0) is 58.2 Å². The molecule has 2 N–H and O–H groups in total. The summed E-state index contributed by atoms with van der Waals surface area (Å²) in [5.74, 6) is 0.886. The van der Waals surface area contributed by atoms with E-state index in [1.807, 2.05) is 13.1 Å². The lowest BCUT2D eigenvalue weighted by atomic mass is 9.84. The van der Waals surface area contributed by atoms with Crippen LogP contribution < -0.4 is 5.73 Å². The Labute approximate surface area is 153 Å². The number of hydrogen-bond acceptors (Lipinski definition) is 5. The van der Waals surface area contributed by atoms with Crippen molar-refractivity contribution in [2.24, 2.45) is 17.6 Å². The topological polar surface area (TPSA) is 85.8 Å². The van der Waals surface area contributed by atoms with Gasteiger partial charge in [0.25, 0.3) is 0 Å². The van der Waals surface area contributed by atoms with Gasteiger partial charge >= 0.3 is 0 Å². The third-order valence-electron chi connectivity index (χ3n) is 5.85. The number of fused-ring (bicyclic) bond motifs is 1. The van der Waals surface area contributed by atoms with E-state index < -0.39 is 0 Å². The number of nitrogens with two attached hydrogens (primary N) is 1. The van der Waals surface area contributed by atoms with Gasteiger partial charge in [0.2, 0.25) is 11.7 Å². The van der Waals surface area contributed by atoms with E-state index in [2.05, 4.69) is 32.3 Å². The minimum absolute atomic E-state index is 0.0138. The van der Waals surface area contributed by atoms with E-state index in [1.165, 1.54) is 11.4 Å². The molecule has 0 unspecified atom stereocenters. The third-order valence-corrected chi connectivity index (χ3v) is 5.85. The molecule has 4 heterocycles. The molecule has 2 fully saturated rings. The maximum Gasteiger partial charge on any atom is 0.234 e. The SMILES string of the molecule is Cc1cc(C)n2c(CN3CCC([C@H]4OCC[C@@H]4C(N)=O)CC3)cnc2n1. The second kappa shape index (κ2) is 6.96. The zero-order valence-corrected chi connectivity index (χ0v) is 15.5. The average Bonchev–Trinajstić information content (AvgIpc) is 3.23. The maximum atomic E-state index is 11.6. The molecule has 0 radical (unpaired) electrons. The van der Waals surface area contributed by atoms with E-state index in [4.69, 9.17) is 10.5 Å². The predicted octanol–water partition coefficient (Wildman–Crippen LogP) is 1.45. The fraction of sp³-hybridized carbons (Fsp3) is 0.632. The van der Waals surface area contributed by atoms with Crippen molar-refractivity contribution in [3.63, 3.8) is 0 Å². The van der Waals surface area contributed by atoms with Crippen molar-refractivity contribution < 1.29 is 9.53 Å². The molecule has 0 saturated carbocycles. The lowest BCUT2D eigenvalue weighted by molar-refractivity contribution is -0.124. The van der Waals surface area contributed by atoms with Gasteiger partial charge < -0.3 is 10.5 Å². The lowest BCUT2D eigenvalue weighted by Gasteiger charge is -2.35. The summed E-state index contributed by atoms with van der Waals surface area (Å²) in [4.78, 5) is 23.1. The van der Waals surface area contributed by atoms with Crippen molar-refractivity contribution >= 4 is 11.7 Å². The molecule has 2 atom stereocenters. The van der Waals surface area contributed by atoms with Gasteiger partial charge in [0.05, 0.1) is 23.9 Å². The highest BCUT2D eigenvalue weighted by Crippen LogP contribution is 2.33. The van der Waals surface area contributed by atoms with E-state index in [9.17, 15) is 4.79 Å². The van der Waals surface area contributed by atoms with E-state index in [0.717, 1.165) is 50.4 Å². The molecule has 4 rings (SSSR count). The quantitative estimate of drug-likeness (QED) is 0.895. The Balaban J connectivity index is 1.41. The number of carbonyl (C=O) groups excluding carboxylic acids is 1. The Morgan fingerprint density at radius 1 is 1.31 bits per heavy atom. The number of primary amides is 1. The van der Waals surface area contributed by atoms with Gasteiger partial charge in [-0.1, -0.05) is 0 Å². The zero-order valence-electron chi connectivity index (χ0n) is 15.5. The highest BCUT2D eigenvalue weighted by Gasteiger charge is 2.39. The van der Waals surface area contributed by atoms with Crippen LogP contribution in [0.5, 0.6) is 0 Å². The first kappa shape index (κ1) is 17.4. The Morgan fingerprint density at radius 2 is 2.08 bits per heavy atom. The van der Waals surface area contributed by atoms with Crippen LogP contribution >= 0.6 is 0 Å². The number of aryl methyl sites for hydroxylation is 2. The second-order valence-electron chi connectivity index (χ2n) is 7.67. The van der Waals surface area contributed by atoms with Crippen molar-refractivity contribution in [2.75, 3.05) is 19.7 Å². The van der Waals surface area contributed by atoms with Crippen LogP contribution in [0.4, 0.5) is 0 Å². The average molecular weight is 357 g/mol. The van der Waals surface area contributed by atoms with E-state index >= 15 is 0 Å². The van der Waals surface area contributed by atoms with Gasteiger partial charge in [-0.3, -0.25) is 14.1 Å². The van der Waals surface area contributed by atoms with Crippen molar-refractivity contribution in [3.8, 4) is 0 Å². The largest absolute Gasteiger partial charge is 0.377 e. The van der Waals surface area contributed by atoms with Crippen LogP contribution in [0.1, 0.15) is 36.3 Å². The number of amides is 1. The number of aromatic nitrogens is 3. The first-order valence-electron chi connectivity index (χ1n) is 9.47. The highest BCUT2D eigenvalue weighted by atomic mass is 16.5. The van der Waals surface area contributed by atoms with Gasteiger partial charge in [0.15, 0.2) is 0 Å². The Kier molecular flexibility index (Phi) is 4.67. The normalized spacial score (nSPS) is 25.2. The molecule has 2 aromatic heterocycles. The first-order chi connectivity index (χ1) is 12.5. The molecule has 0 aromatic carbocycles. The van der Waals surface area contributed by atoms with Gasteiger partial charge in [0.1, 0.15) is 0 Å². The molecule has 26 heavy (non-hydrogen) atoms. The second-order valence-corrected chi connectivity index (χ2v) is 7.67. The van der Waals surface area contributed by atoms with Crippen molar-refractivity contribution in [2.45, 2.75) is 45.8 Å². The zero-order chi connectivity index (χ0) is 18.3. The minimum atomic E-state index is -0.209. The summed E-state index contributed by atoms with van der Waals surface area (Å²) >= 11 is 0. The smallest absolute Gasteiger partial charge is 0.234 e.